The number of nitrogens with one attached hydrogen (secondary N) is 1. The minimum atomic E-state index is -1.12. The molecule has 2 N–H and O–H groups in total. The first-order valence-electron chi connectivity index (χ1n) is 11.0. The smallest absolute Gasteiger partial charge is 0.409 e. The van der Waals surface area contributed by atoms with Crippen molar-refractivity contribution in [2.24, 2.45) is 4.99 Å². The standard InChI is InChI=1S/C29H28N2O2/c1-29(2,3)24-14-11-20(12-15-24)26-10-6-8-21-17-22(13-16-27(21)26)25-9-5-4-7-23(25)18-30-19-31-28(32)33/h4-17,19H,18H2,1-3H3,(H,30,31)(H,32,33). The van der Waals surface area contributed by atoms with Crippen LogP contribution in [0, 0.1) is 0 Å². The summed E-state index contributed by atoms with van der Waals surface area (Å²) >= 11 is 0. The molecule has 0 aliphatic rings. The van der Waals surface area contributed by atoms with Gasteiger partial charge in [0.05, 0.1) is 12.9 Å². The molecule has 4 rings (SSSR count). The van der Waals surface area contributed by atoms with Gasteiger partial charge < -0.3 is 5.11 Å². The number of fused-ring (bicyclic) bond motifs is 1. The van der Waals surface area contributed by atoms with Crippen molar-refractivity contribution < 1.29 is 9.90 Å². The molecule has 0 aliphatic carbocycles. The Morgan fingerprint density at radius 3 is 2.30 bits per heavy atom. The minimum Gasteiger partial charge on any atom is -0.465 e. The maximum Gasteiger partial charge on any atom is 0.409 e. The maximum absolute atomic E-state index is 10.6. The monoisotopic (exact) mass is 436 g/mol. The number of amides is 1. The van der Waals surface area contributed by atoms with Gasteiger partial charge >= 0.3 is 6.09 Å². The SMILES string of the molecule is CC(C)(C)c1ccc(-c2cccc3cc(-c4ccccc4CN=CNC(=O)O)ccc23)cc1. The average Bonchev–Trinajstić information content (AvgIpc) is 2.81. The Bertz CT molecular complexity index is 1320. The van der Waals surface area contributed by atoms with Crippen LogP contribution in [0.1, 0.15) is 31.9 Å². The van der Waals surface area contributed by atoms with Crippen LogP contribution in [0.15, 0.2) is 89.9 Å². The lowest BCUT2D eigenvalue weighted by molar-refractivity contribution is 0.200. The van der Waals surface area contributed by atoms with Gasteiger partial charge in [0.25, 0.3) is 0 Å². The Balaban J connectivity index is 1.68. The van der Waals surface area contributed by atoms with E-state index in [1.807, 2.05) is 18.2 Å². The molecular formula is C29H28N2O2. The largest absolute Gasteiger partial charge is 0.465 e. The predicted molar refractivity (Wildman–Crippen MR) is 137 cm³/mol. The number of carboxylic acid groups (broad SMARTS) is 1. The molecule has 0 radical (unpaired) electrons. The molecule has 4 heteroatoms. The molecule has 4 aromatic rings. The molecule has 0 unspecified atom stereocenters. The molecule has 166 valence electrons. The zero-order chi connectivity index (χ0) is 23.4. The van der Waals surface area contributed by atoms with Crippen molar-refractivity contribution in [2.45, 2.75) is 32.7 Å². The van der Waals surface area contributed by atoms with Gasteiger partial charge in [-0.15, -0.1) is 0 Å². The highest BCUT2D eigenvalue weighted by molar-refractivity contribution is 5.98. The van der Waals surface area contributed by atoms with Gasteiger partial charge in [-0.3, -0.25) is 10.3 Å². The van der Waals surface area contributed by atoms with Crippen molar-refractivity contribution in [2.75, 3.05) is 0 Å². The van der Waals surface area contributed by atoms with Gasteiger partial charge in [-0.1, -0.05) is 99.6 Å². The van der Waals surface area contributed by atoms with Crippen molar-refractivity contribution in [3.05, 3.63) is 96.1 Å². The molecule has 0 bridgehead atoms. The number of carbonyl (C=O) groups is 1. The van der Waals surface area contributed by atoms with Crippen LogP contribution in [0.25, 0.3) is 33.0 Å². The van der Waals surface area contributed by atoms with Crippen molar-refractivity contribution in [1.82, 2.24) is 5.32 Å². The lowest BCUT2D eigenvalue weighted by atomic mass is 9.86. The van der Waals surface area contributed by atoms with Crippen LogP contribution in [0.5, 0.6) is 0 Å². The normalized spacial score (nSPS) is 11.7. The number of hydrogen-bond donors (Lipinski definition) is 2. The lowest BCUT2D eigenvalue weighted by Crippen LogP contribution is -2.18. The molecule has 1 amide bonds. The maximum atomic E-state index is 10.6. The van der Waals surface area contributed by atoms with Gasteiger partial charge in [0.1, 0.15) is 0 Å². The molecule has 0 aliphatic heterocycles. The van der Waals surface area contributed by atoms with Crippen LogP contribution in [-0.4, -0.2) is 17.5 Å². The second kappa shape index (κ2) is 9.29. The highest BCUT2D eigenvalue weighted by atomic mass is 16.4. The first kappa shape index (κ1) is 22.3. The van der Waals surface area contributed by atoms with Gasteiger partial charge in [0, 0.05) is 0 Å². The van der Waals surface area contributed by atoms with Gasteiger partial charge in [0.2, 0.25) is 0 Å². The van der Waals surface area contributed by atoms with E-state index in [9.17, 15) is 4.79 Å². The third-order valence-electron chi connectivity index (χ3n) is 5.81. The van der Waals surface area contributed by atoms with Gasteiger partial charge in [-0.2, -0.15) is 0 Å². The Hall–Kier alpha value is -3.92. The summed E-state index contributed by atoms with van der Waals surface area (Å²) < 4.78 is 0. The summed E-state index contributed by atoms with van der Waals surface area (Å²) in [6.07, 6.45) is 0.0990. The Morgan fingerprint density at radius 1 is 0.879 bits per heavy atom. The fourth-order valence-corrected chi connectivity index (χ4v) is 4.04. The fraction of sp³-hybridized carbons (Fsp3) is 0.172. The molecule has 0 fully saturated rings. The van der Waals surface area contributed by atoms with Gasteiger partial charge in [-0.05, 0) is 55.6 Å². The van der Waals surface area contributed by atoms with E-state index < -0.39 is 6.09 Å². The van der Waals surface area contributed by atoms with Gasteiger partial charge in [0.15, 0.2) is 0 Å². The minimum absolute atomic E-state index is 0.132. The van der Waals surface area contributed by atoms with Crippen LogP contribution < -0.4 is 5.32 Å². The first-order valence-corrected chi connectivity index (χ1v) is 11.0. The molecule has 0 saturated heterocycles. The third-order valence-corrected chi connectivity index (χ3v) is 5.81. The molecule has 0 aromatic heterocycles. The van der Waals surface area contributed by atoms with E-state index in [2.05, 4.69) is 97.8 Å². The van der Waals surface area contributed by atoms with E-state index >= 15 is 0 Å². The van der Waals surface area contributed by atoms with Crippen LogP contribution >= 0.6 is 0 Å². The molecule has 0 heterocycles. The van der Waals surface area contributed by atoms with Crippen LogP contribution in [0.4, 0.5) is 4.79 Å². The van der Waals surface area contributed by atoms with E-state index in [0.717, 1.165) is 16.7 Å². The molecule has 0 saturated carbocycles. The summed E-state index contributed by atoms with van der Waals surface area (Å²) in [4.78, 5) is 14.8. The van der Waals surface area contributed by atoms with Crippen LogP contribution in [0.2, 0.25) is 0 Å². The fourth-order valence-electron chi connectivity index (χ4n) is 4.04. The van der Waals surface area contributed by atoms with Crippen molar-refractivity contribution in [1.29, 1.82) is 0 Å². The number of nitrogens with zero attached hydrogens (tertiary/aromatic N) is 1. The molecule has 0 atom stereocenters. The first-order chi connectivity index (χ1) is 15.8. The number of hydrogen-bond acceptors (Lipinski definition) is 2. The summed E-state index contributed by atoms with van der Waals surface area (Å²) in [5, 5.41) is 13.2. The van der Waals surface area contributed by atoms with E-state index in [1.54, 1.807) is 0 Å². The summed E-state index contributed by atoms with van der Waals surface area (Å²) in [5.74, 6) is 0. The zero-order valence-corrected chi connectivity index (χ0v) is 19.2. The lowest BCUT2D eigenvalue weighted by Gasteiger charge is -2.19. The van der Waals surface area contributed by atoms with Gasteiger partial charge in [-0.25, -0.2) is 4.79 Å². The average molecular weight is 437 g/mol. The molecule has 0 spiro atoms. The number of benzene rings is 4. The summed E-state index contributed by atoms with van der Waals surface area (Å²) in [6, 6.07) is 29.9. The van der Waals surface area contributed by atoms with E-state index in [-0.39, 0.29) is 5.41 Å². The zero-order valence-electron chi connectivity index (χ0n) is 19.2. The van der Waals surface area contributed by atoms with Crippen LogP contribution in [0.3, 0.4) is 0 Å². The molecule has 33 heavy (non-hydrogen) atoms. The predicted octanol–water partition coefficient (Wildman–Crippen LogP) is 7.27. The Morgan fingerprint density at radius 2 is 1.58 bits per heavy atom. The van der Waals surface area contributed by atoms with Crippen LogP contribution in [-0.2, 0) is 12.0 Å². The molecular weight excluding hydrogens is 408 g/mol. The highest BCUT2D eigenvalue weighted by Crippen LogP contribution is 2.34. The number of aliphatic imine (C=N–C) groups is 1. The highest BCUT2D eigenvalue weighted by Gasteiger charge is 2.14. The molecule has 4 aromatic carbocycles. The molecule has 4 nitrogen and oxygen atoms in total. The number of rotatable bonds is 5. The van der Waals surface area contributed by atoms with Crippen molar-refractivity contribution >= 4 is 23.2 Å². The Labute approximate surface area is 194 Å². The van der Waals surface area contributed by atoms with E-state index in [0.29, 0.717) is 6.54 Å². The summed E-state index contributed by atoms with van der Waals surface area (Å²) in [7, 11) is 0. The van der Waals surface area contributed by atoms with E-state index in [1.165, 1.54) is 33.8 Å². The quantitative estimate of drug-likeness (QED) is 0.255. The summed E-state index contributed by atoms with van der Waals surface area (Å²) in [6.45, 7) is 7.09. The summed E-state index contributed by atoms with van der Waals surface area (Å²) in [5.41, 5.74) is 7.12. The second-order valence-corrected chi connectivity index (χ2v) is 9.15. The second-order valence-electron chi connectivity index (χ2n) is 9.15. The van der Waals surface area contributed by atoms with Crippen molar-refractivity contribution in [3.63, 3.8) is 0 Å². The van der Waals surface area contributed by atoms with E-state index in [4.69, 9.17) is 5.11 Å². The Kier molecular flexibility index (Phi) is 6.27. The topological polar surface area (TPSA) is 61.7 Å². The third kappa shape index (κ3) is 5.12. The van der Waals surface area contributed by atoms with Crippen molar-refractivity contribution in [3.8, 4) is 22.3 Å².